The van der Waals surface area contributed by atoms with Gasteiger partial charge in [-0.1, -0.05) is 115 Å². The predicted molar refractivity (Wildman–Crippen MR) is 209 cm³/mol. The number of fused-ring (bicyclic) bond motifs is 6. The van der Waals surface area contributed by atoms with Gasteiger partial charge in [0.25, 0.3) is 0 Å². The summed E-state index contributed by atoms with van der Waals surface area (Å²) >= 11 is 2.07. The summed E-state index contributed by atoms with van der Waals surface area (Å²) in [5.41, 5.74) is 15.2. The minimum Gasteiger partial charge on any atom is -0.318 e. The molecule has 3 aliphatic carbocycles. The van der Waals surface area contributed by atoms with Crippen LogP contribution in [-0.4, -0.2) is 21.3 Å². The number of nitrogens with zero attached hydrogens (tertiary/aromatic N) is 3. The summed E-state index contributed by atoms with van der Waals surface area (Å²) in [4.78, 5) is 13.9. The van der Waals surface area contributed by atoms with Crippen LogP contribution in [0.5, 0.6) is 0 Å². The zero-order valence-electron chi connectivity index (χ0n) is 27.6. The van der Waals surface area contributed by atoms with Gasteiger partial charge in [0.15, 0.2) is 0 Å². The lowest BCUT2D eigenvalue weighted by molar-refractivity contribution is 0.766. The van der Waals surface area contributed by atoms with E-state index in [-0.39, 0.29) is 6.04 Å². The quantitative estimate of drug-likeness (QED) is 0.187. The lowest BCUT2D eigenvalue weighted by Gasteiger charge is -2.31. The average molecular weight is 662 g/mol. The highest BCUT2D eigenvalue weighted by Crippen LogP contribution is 2.55. The van der Waals surface area contributed by atoms with Crippen LogP contribution in [0.3, 0.4) is 0 Å². The molecule has 0 amide bonds. The SMILES string of the molecule is C1=CC2SC3=C(C4=CC=C5c6cc(-c7ccccc7)ccc6N(c6ccc(-c7ccc(-c8ccccc8)cn7)cn6)C5C4)CCC=C3C2C=C1. The van der Waals surface area contributed by atoms with Crippen molar-refractivity contribution in [1.82, 2.24) is 9.97 Å². The molecular weight excluding hydrogens is 627 g/mol. The van der Waals surface area contributed by atoms with Gasteiger partial charge in [-0.05, 0) is 88.6 Å². The van der Waals surface area contributed by atoms with Crippen molar-refractivity contribution >= 4 is 28.8 Å². The van der Waals surface area contributed by atoms with Gasteiger partial charge >= 0.3 is 0 Å². The number of hydrogen-bond acceptors (Lipinski definition) is 4. The van der Waals surface area contributed by atoms with Crippen LogP contribution in [0.1, 0.15) is 24.8 Å². The van der Waals surface area contributed by atoms with Crippen LogP contribution in [0.25, 0.3) is 39.1 Å². The van der Waals surface area contributed by atoms with Crippen LogP contribution in [0.2, 0.25) is 0 Å². The van der Waals surface area contributed by atoms with Crippen LogP contribution in [0.15, 0.2) is 180 Å². The van der Waals surface area contributed by atoms with Crippen molar-refractivity contribution < 1.29 is 0 Å². The summed E-state index contributed by atoms with van der Waals surface area (Å²) in [6, 6.07) is 36.8. The number of anilines is 2. The third kappa shape index (κ3) is 4.97. The normalized spacial score (nSPS) is 21.6. The maximum absolute atomic E-state index is 5.13. The fourth-order valence-electron chi connectivity index (χ4n) is 8.30. The van der Waals surface area contributed by atoms with Gasteiger partial charge in [-0.3, -0.25) is 4.98 Å². The van der Waals surface area contributed by atoms with Crippen LogP contribution < -0.4 is 4.90 Å². The molecule has 1 fully saturated rings. The van der Waals surface area contributed by atoms with Gasteiger partial charge in [-0.25, -0.2) is 4.98 Å². The second kappa shape index (κ2) is 12.2. The van der Waals surface area contributed by atoms with Crippen molar-refractivity contribution in [3.05, 3.63) is 185 Å². The molecule has 0 radical (unpaired) electrons. The van der Waals surface area contributed by atoms with E-state index < -0.39 is 0 Å². The van der Waals surface area contributed by atoms with E-state index in [1.54, 1.807) is 11.1 Å². The molecule has 3 unspecified atom stereocenters. The standard InChI is InChI=1S/C46H35N3S/c1-3-10-30(11-4-1)32-20-24-42-40(26-32)37-22-18-33(36-15-9-16-39-38-14-7-8-17-44(38)50-46(36)39)27-43(37)49(42)45-25-21-35(29-48-45)41-23-19-34(28-47-41)31-12-5-2-6-13-31/h1-8,10-14,16-26,28-29,38,43-44H,9,15,27H2. The Morgan fingerprint density at radius 1 is 0.660 bits per heavy atom. The molecule has 50 heavy (non-hydrogen) atoms. The molecule has 240 valence electrons. The van der Waals surface area contributed by atoms with Crippen molar-refractivity contribution in [3.63, 3.8) is 0 Å². The van der Waals surface area contributed by atoms with Gasteiger partial charge < -0.3 is 4.90 Å². The zero-order chi connectivity index (χ0) is 33.0. The highest BCUT2D eigenvalue weighted by molar-refractivity contribution is 8.04. The van der Waals surface area contributed by atoms with E-state index in [2.05, 4.69) is 156 Å². The van der Waals surface area contributed by atoms with Crippen LogP contribution >= 0.6 is 11.8 Å². The van der Waals surface area contributed by atoms with Gasteiger partial charge in [0, 0.05) is 45.2 Å². The number of pyridine rings is 2. The molecule has 1 saturated heterocycles. The lowest BCUT2D eigenvalue weighted by Crippen LogP contribution is -2.29. The van der Waals surface area contributed by atoms with Crippen LogP contribution in [0.4, 0.5) is 11.5 Å². The molecule has 2 aromatic heterocycles. The van der Waals surface area contributed by atoms with Crippen molar-refractivity contribution in [1.29, 1.82) is 0 Å². The second-order valence-electron chi connectivity index (χ2n) is 13.6. The Morgan fingerprint density at radius 2 is 1.42 bits per heavy atom. The molecule has 3 nitrogen and oxygen atoms in total. The molecule has 3 aromatic carbocycles. The number of benzene rings is 3. The zero-order valence-corrected chi connectivity index (χ0v) is 28.4. The fraction of sp³-hybridized carbons (Fsp3) is 0.130. The molecule has 3 atom stereocenters. The Labute approximate surface area is 297 Å². The van der Waals surface area contributed by atoms with E-state index in [0.717, 1.165) is 41.9 Å². The van der Waals surface area contributed by atoms with Gasteiger partial charge in [0.2, 0.25) is 0 Å². The summed E-state index contributed by atoms with van der Waals surface area (Å²) in [5, 5.41) is 0.514. The molecule has 0 N–H and O–H groups in total. The van der Waals surface area contributed by atoms with E-state index in [0.29, 0.717) is 11.2 Å². The van der Waals surface area contributed by atoms with E-state index in [1.165, 1.54) is 44.0 Å². The lowest BCUT2D eigenvalue weighted by atomic mass is 9.81. The molecule has 0 saturated carbocycles. The summed E-state index contributed by atoms with van der Waals surface area (Å²) in [7, 11) is 0. The Morgan fingerprint density at radius 3 is 2.20 bits per heavy atom. The van der Waals surface area contributed by atoms with E-state index in [9.17, 15) is 0 Å². The van der Waals surface area contributed by atoms with E-state index in [4.69, 9.17) is 9.97 Å². The molecule has 5 aromatic rings. The molecule has 0 spiro atoms. The molecular formula is C46H35N3S. The number of hydrogen-bond donors (Lipinski definition) is 0. The Bertz CT molecular complexity index is 2310. The summed E-state index contributed by atoms with van der Waals surface area (Å²) in [6.07, 6.45) is 23.7. The smallest absolute Gasteiger partial charge is 0.133 e. The maximum Gasteiger partial charge on any atom is 0.133 e. The first kappa shape index (κ1) is 29.5. The van der Waals surface area contributed by atoms with Crippen molar-refractivity contribution in [2.45, 2.75) is 30.6 Å². The van der Waals surface area contributed by atoms with E-state index >= 15 is 0 Å². The van der Waals surface area contributed by atoms with Gasteiger partial charge in [-0.15, -0.1) is 11.8 Å². The molecule has 10 rings (SSSR count). The number of allylic oxidation sites excluding steroid dienone is 8. The van der Waals surface area contributed by atoms with Crippen molar-refractivity contribution in [2.24, 2.45) is 5.92 Å². The first-order valence-corrected chi connectivity index (χ1v) is 18.5. The summed E-state index contributed by atoms with van der Waals surface area (Å²) in [6.45, 7) is 0. The molecule has 4 heterocycles. The van der Waals surface area contributed by atoms with Crippen molar-refractivity contribution in [2.75, 3.05) is 4.90 Å². The van der Waals surface area contributed by atoms with Crippen molar-refractivity contribution in [3.8, 4) is 33.5 Å². The number of thioether (sulfide) groups is 1. The van der Waals surface area contributed by atoms with Gasteiger partial charge in [-0.2, -0.15) is 0 Å². The molecule has 5 aliphatic rings. The average Bonchev–Trinajstić information content (AvgIpc) is 3.74. The summed E-state index contributed by atoms with van der Waals surface area (Å²) < 4.78 is 0. The first-order valence-electron chi connectivity index (χ1n) is 17.6. The minimum atomic E-state index is 0.175. The monoisotopic (exact) mass is 661 g/mol. The topological polar surface area (TPSA) is 29.0 Å². The molecule has 2 aliphatic heterocycles. The highest BCUT2D eigenvalue weighted by atomic mass is 32.2. The summed E-state index contributed by atoms with van der Waals surface area (Å²) in [5.74, 6) is 1.47. The predicted octanol–water partition coefficient (Wildman–Crippen LogP) is 11.5. The largest absolute Gasteiger partial charge is 0.318 e. The number of rotatable bonds is 5. The van der Waals surface area contributed by atoms with Gasteiger partial charge in [0.05, 0.1) is 17.4 Å². The first-order chi connectivity index (χ1) is 24.8. The Hall–Kier alpha value is -5.45. The van der Waals surface area contributed by atoms with E-state index in [1.807, 2.05) is 18.5 Å². The highest BCUT2D eigenvalue weighted by Gasteiger charge is 2.41. The number of aromatic nitrogens is 2. The Kier molecular flexibility index (Phi) is 7.16. The van der Waals surface area contributed by atoms with Crippen LogP contribution in [0, 0.1) is 5.92 Å². The fourth-order valence-corrected chi connectivity index (χ4v) is 9.85. The van der Waals surface area contributed by atoms with Crippen LogP contribution in [-0.2, 0) is 0 Å². The maximum atomic E-state index is 5.13. The molecule has 0 bridgehead atoms. The Balaban J connectivity index is 1.02. The minimum absolute atomic E-state index is 0.175. The second-order valence-corrected chi connectivity index (χ2v) is 14.8. The third-order valence-corrected chi connectivity index (χ3v) is 12.2. The van der Waals surface area contributed by atoms with Gasteiger partial charge in [0.1, 0.15) is 5.82 Å². The molecule has 4 heteroatoms. The third-order valence-electron chi connectivity index (χ3n) is 10.8.